The van der Waals surface area contributed by atoms with Crippen LogP contribution in [0.2, 0.25) is 0 Å². The minimum absolute atomic E-state index is 0.0785. The molecule has 0 bridgehead atoms. The summed E-state index contributed by atoms with van der Waals surface area (Å²) in [7, 11) is 0. The Morgan fingerprint density at radius 2 is 1.96 bits per heavy atom. The van der Waals surface area contributed by atoms with Crippen molar-refractivity contribution in [1.29, 1.82) is 0 Å². The zero-order chi connectivity index (χ0) is 17.6. The van der Waals surface area contributed by atoms with Gasteiger partial charge < -0.3 is 20.3 Å². The van der Waals surface area contributed by atoms with Crippen molar-refractivity contribution in [2.24, 2.45) is 0 Å². The maximum atomic E-state index is 13.0. The number of nitrogens with zero attached hydrogens (tertiary/aromatic N) is 2. The summed E-state index contributed by atoms with van der Waals surface area (Å²) < 4.78 is 18.3. The second-order valence-corrected chi connectivity index (χ2v) is 6.24. The molecule has 2 fully saturated rings. The van der Waals surface area contributed by atoms with E-state index in [-0.39, 0.29) is 30.2 Å². The molecular formula is C17H23FN4O3. The van der Waals surface area contributed by atoms with E-state index in [1.165, 1.54) is 12.1 Å². The summed E-state index contributed by atoms with van der Waals surface area (Å²) in [4.78, 5) is 27.9. The average Bonchev–Trinajstić information content (AvgIpc) is 2.96. The third-order valence-electron chi connectivity index (χ3n) is 4.42. The molecule has 7 nitrogen and oxygen atoms in total. The highest BCUT2D eigenvalue weighted by Crippen LogP contribution is 2.21. The van der Waals surface area contributed by atoms with Crippen molar-refractivity contribution in [1.82, 2.24) is 15.5 Å². The molecule has 2 aliphatic rings. The summed E-state index contributed by atoms with van der Waals surface area (Å²) in [6.45, 7) is 4.95. The minimum atomic E-state index is -0.343. The predicted molar refractivity (Wildman–Crippen MR) is 91.0 cm³/mol. The normalized spacial score (nSPS) is 21.4. The molecule has 2 aliphatic heterocycles. The second-order valence-electron chi connectivity index (χ2n) is 6.24. The molecule has 0 aromatic heterocycles. The summed E-state index contributed by atoms with van der Waals surface area (Å²) >= 11 is 0. The Labute approximate surface area is 146 Å². The number of benzene rings is 1. The summed E-state index contributed by atoms with van der Waals surface area (Å²) in [5, 5.41) is 5.65. The lowest BCUT2D eigenvalue weighted by Gasteiger charge is -2.26. The molecule has 1 atom stereocenters. The maximum absolute atomic E-state index is 13.0. The number of nitrogens with one attached hydrogen (secondary N) is 2. The van der Waals surface area contributed by atoms with Gasteiger partial charge in [0.15, 0.2) is 0 Å². The quantitative estimate of drug-likeness (QED) is 0.814. The monoisotopic (exact) mass is 350 g/mol. The topological polar surface area (TPSA) is 73.9 Å². The summed E-state index contributed by atoms with van der Waals surface area (Å²) in [5.41, 5.74) is 0.642. The number of urea groups is 1. The van der Waals surface area contributed by atoms with E-state index in [9.17, 15) is 14.0 Å². The number of rotatable bonds is 5. The summed E-state index contributed by atoms with van der Waals surface area (Å²) in [5.74, 6) is -0.421. The molecule has 136 valence electrons. The van der Waals surface area contributed by atoms with Gasteiger partial charge in [0, 0.05) is 44.8 Å². The smallest absolute Gasteiger partial charge is 0.315 e. The van der Waals surface area contributed by atoms with Gasteiger partial charge in [0.1, 0.15) is 5.82 Å². The highest BCUT2D eigenvalue weighted by molar-refractivity contribution is 5.96. The molecule has 8 heteroatoms. The largest absolute Gasteiger partial charge is 0.379 e. The number of ether oxygens (including phenoxy) is 1. The fourth-order valence-electron chi connectivity index (χ4n) is 3.06. The standard InChI is InChI=1S/C17H23FN4O3/c18-13-1-3-15(4-2-13)22-12-14(11-16(22)23)20-17(24)19-5-6-21-7-9-25-10-8-21/h1-4,14H,5-12H2,(H2,19,20,24)/t14-/m0/s1. The van der Waals surface area contributed by atoms with Gasteiger partial charge in [0.25, 0.3) is 0 Å². The van der Waals surface area contributed by atoms with E-state index in [0.717, 1.165) is 32.8 Å². The zero-order valence-electron chi connectivity index (χ0n) is 14.0. The van der Waals surface area contributed by atoms with Crippen LogP contribution in [-0.2, 0) is 9.53 Å². The minimum Gasteiger partial charge on any atom is -0.379 e. The Morgan fingerprint density at radius 1 is 1.24 bits per heavy atom. The molecule has 0 radical (unpaired) electrons. The number of amides is 3. The van der Waals surface area contributed by atoms with E-state index in [1.807, 2.05) is 0 Å². The van der Waals surface area contributed by atoms with Gasteiger partial charge in [-0.15, -0.1) is 0 Å². The first-order chi connectivity index (χ1) is 12.1. The maximum Gasteiger partial charge on any atom is 0.315 e. The van der Waals surface area contributed by atoms with Crippen LogP contribution in [0.15, 0.2) is 24.3 Å². The van der Waals surface area contributed by atoms with Crippen molar-refractivity contribution >= 4 is 17.6 Å². The third-order valence-corrected chi connectivity index (χ3v) is 4.42. The van der Waals surface area contributed by atoms with Gasteiger partial charge in [0.05, 0.1) is 19.3 Å². The van der Waals surface area contributed by atoms with Crippen molar-refractivity contribution in [2.75, 3.05) is 50.8 Å². The van der Waals surface area contributed by atoms with Crippen LogP contribution in [0, 0.1) is 5.82 Å². The second kappa shape index (κ2) is 8.26. The predicted octanol–water partition coefficient (Wildman–Crippen LogP) is 0.562. The molecule has 1 aromatic carbocycles. The van der Waals surface area contributed by atoms with Crippen LogP contribution in [0.3, 0.4) is 0 Å². The van der Waals surface area contributed by atoms with Gasteiger partial charge in [-0.1, -0.05) is 0 Å². The number of morpholine rings is 1. The Hall–Kier alpha value is -2.19. The van der Waals surface area contributed by atoms with Gasteiger partial charge in [-0.05, 0) is 24.3 Å². The number of carbonyl (C=O) groups excluding carboxylic acids is 2. The molecule has 0 aliphatic carbocycles. The van der Waals surface area contributed by atoms with Crippen LogP contribution >= 0.6 is 0 Å². The van der Waals surface area contributed by atoms with E-state index in [4.69, 9.17) is 4.74 Å². The van der Waals surface area contributed by atoms with E-state index in [2.05, 4.69) is 15.5 Å². The lowest BCUT2D eigenvalue weighted by molar-refractivity contribution is -0.117. The molecule has 25 heavy (non-hydrogen) atoms. The van der Waals surface area contributed by atoms with Crippen molar-refractivity contribution in [3.63, 3.8) is 0 Å². The molecule has 3 rings (SSSR count). The van der Waals surface area contributed by atoms with Crippen LogP contribution in [0.25, 0.3) is 0 Å². The van der Waals surface area contributed by atoms with Crippen LogP contribution in [0.1, 0.15) is 6.42 Å². The van der Waals surface area contributed by atoms with E-state index >= 15 is 0 Å². The number of halogens is 1. The van der Waals surface area contributed by atoms with Gasteiger partial charge in [0.2, 0.25) is 5.91 Å². The molecule has 1 aromatic rings. The average molecular weight is 350 g/mol. The molecular weight excluding hydrogens is 327 g/mol. The van der Waals surface area contributed by atoms with E-state index in [1.54, 1.807) is 17.0 Å². The van der Waals surface area contributed by atoms with E-state index < -0.39 is 0 Å². The third kappa shape index (κ3) is 4.90. The summed E-state index contributed by atoms with van der Waals surface area (Å²) in [6, 6.07) is 5.26. The Bertz CT molecular complexity index is 604. The first-order valence-corrected chi connectivity index (χ1v) is 8.52. The highest BCUT2D eigenvalue weighted by atomic mass is 19.1. The van der Waals surface area contributed by atoms with Crippen LogP contribution in [0.4, 0.5) is 14.9 Å². The van der Waals surface area contributed by atoms with Gasteiger partial charge >= 0.3 is 6.03 Å². The Morgan fingerprint density at radius 3 is 2.68 bits per heavy atom. The fraction of sp³-hybridized carbons (Fsp3) is 0.529. The lowest BCUT2D eigenvalue weighted by atomic mass is 10.2. The van der Waals surface area contributed by atoms with Crippen molar-refractivity contribution in [2.45, 2.75) is 12.5 Å². The van der Waals surface area contributed by atoms with Crippen LogP contribution < -0.4 is 15.5 Å². The molecule has 2 heterocycles. The number of hydrogen-bond donors (Lipinski definition) is 2. The Kier molecular flexibility index (Phi) is 5.83. The van der Waals surface area contributed by atoms with Crippen molar-refractivity contribution in [3.8, 4) is 0 Å². The van der Waals surface area contributed by atoms with Gasteiger partial charge in [-0.3, -0.25) is 9.69 Å². The molecule has 2 N–H and O–H groups in total. The number of hydrogen-bond acceptors (Lipinski definition) is 4. The molecule has 3 amide bonds. The molecule has 0 saturated carbocycles. The SMILES string of the molecule is O=C(NCCN1CCOCC1)N[C@H]1CC(=O)N(c2ccc(F)cc2)C1. The fourth-order valence-corrected chi connectivity index (χ4v) is 3.06. The molecule has 0 unspecified atom stereocenters. The zero-order valence-corrected chi connectivity index (χ0v) is 14.0. The molecule has 0 spiro atoms. The van der Waals surface area contributed by atoms with Crippen LogP contribution in [-0.4, -0.2) is 68.8 Å². The first-order valence-electron chi connectivity index (χ1n) is 8.52. The van der Waals surface area contributed by atoms with E-state index in [0.29, 0.717) is 18.8 Å². The van der Waals surface area contributed by atoms with Gasteiger partial charge in [-0.25, -0.2) is 9.18 Å². The van der Waals surface area contributed by atoms with Gasteiger partial charge in [-0.2, -0.15) is 0 Å². The van der Waals surface area contributed by atoms with Crippen molar-refractivity contribution < 1.29 is 18.7 Å². The summed E-state index contributed by atoms with van der Waals surface area (Å²) in [6.07, 6.45) is 0.244. The first kappa shape index (κ1) is 17.6. The Balaban J connectivity index is 1.41. The highest BCUT2D eigenvalue weighted by Gasteiger charge is 2.31. The number of carbonyl (C=O) groups is 2. The van der Waals surface area contributed by atoms with Crippen LogP contribution in [0.5, 0.6) is 0 Å². The number of anilines is 1. The molecule has 2 saturated heterocycles. The lowest BCUT2D eigenvalue weighted by Crippen LogP contribution is -2.46. The van der Waals surface area contributed by atoms with Crippen molar-refractivity contribution in [3.05, 3.63) is 30.1 Å².